The molecule has 0 saturated carbocycles. The number of nitrogens with zero attached hydrogens (tertiary/aromatic N) is 4. The van der Waals surface area contributed by atoms with Crippen LogP contribution in [-0.2, 0) is 22.7 Å². The van der Waals surface area contributed by atoms with Crippen molar-refractivity contribution in [3.63, 3.8) is 0 Å². The monoisotopic (exact) mass is 374 g/mol. The van der Waals surface area contributed by atoms with Gasteiger partial charge >= 0.3 is 5.97 Å². The third-order valence-corrected chi connectivity index (χ3v) is 5.16. The second kappa shape index (κ2) is 8.60. The number of hydrogen-bond acceptors (Lipinski definition) is 5. The van der Waals surface area contributed by atoms with E-state index in [-0.39, 0.29) is 11.9 Å². The van der Waals surface area contributed by atoms with Crippen LogP contribution in [0.3, 0.4) is 0 Å². The molecule has 0 N–H and O–H groups in total. The van der Waals surface area contributed by atoms with Gasteiger partial charge in [0.2, 0.25) is 0 Å². The molecule has 1 fully saturated rings. The largest absolute Gasteiger partial charge is 0.466 e. The summed E-state index contributed by atoms with van der Waals surface area (Å²) in [5.41, 5.74) is 1.06. The lowest BCUT2D eigenvalue weighted by Gasteiger charge is -2.31. The fourth-order valence-electron chi connectivity index (χ4n) is 3.44. The minimum Gasteiger partial charge on any atom is -0.466 e. The molecule has 1 aromatic carbocycles. The average Bonchev–Trinajstić information content (AvgIpc) is 2.98. The highest BCUT2D eigenvalue weighted by Gasteiger charge is 2.27. The Morgan fingerprint density at radius 2 is 2.08 bits per heavy atom. The highest BCUT2D eigenvalue weighted by molar-refractivity contribution is 7.71. The summed E-state index contributed by atoms with van der Waals surface area (Å²) in [5.74, 6) is 0.738. The molecule has 0 amide bonds. The van der Waals surface area contributed by atoms with Crippen LogP contribution in [0.1, 0.15) is 26.7 Å². The van der Waals surface area contributed by atoms with E-state index in [0.29, 0.717) is 24.6 Å². The lowest BCUT2D eigenvalue weighted by molar-refractivity contribution is -0.150. The van der Waals surface area contributed by atoms with Crippen LogP contribution in [0.5, 0.6) is 0 Å². The predicted molar refractivity (Wildman–Crippen MR) is 103 cm³/mol. The van der Waals surface area contributed by atoms with Gasteiger partial charge in [-0.3, -0.25) is 9.69 Å². The first-order chi connectivity index (χ1) is 12.6. The first kappa shape index (κ1) is 18.8. The van der Waals surface area contributed by atoms with E-state index in [9.17, 15) is 4.79 Å². The molecule has 0 radical (unpaired) electrons. The van der Waals surface area contributed by atoms with E-state index in [0.717, 1.165) is 37.3 Å². The van der Waals surface area contributed by atoms with Gasteiger partial charge in [0.25, 0.3) is 0 Å². The van der Waals surface area contributed by atoms with Crippen molar-refractivity contribution < 1.29 is 9.53 Å². The predicted octanol–water partition coefficient (Wildman–Crippen LogP) is 3.33. The standard InChI is InChI=1S/C19H26N4O2S/c1-3-22-17(15-9-6-5-7-10-15)20-23(19(22)26)14-21-12-8-11-16(13-21)18(24)25-4-2/h5-7,9-10,16H,3-4,8,11-14H2,1-2H3/t16-/m0/s1. The van der Waals surface area contributed by atoms with Gasteiger partial charge in [0, 0.05) is 18.7 Å². The molecule has 7 heteroatoms. The number of rotatable bonds is 6. The Labute approximate surface area is 159 Å². The fraction of sp³-hybridized carbons (Fsp3) is 0.526. The molecule has 3 rings (SSSR count). The maximum absolute atomic E-state index is 12.1. The summed E-state index contributed by atoms with van der Waals surface area (Å²) in [4.78, 5) is 14.3. The van der Waals surface area contributed by atoms with Crippen molar-refractivity contribution in [2.75, 3.05) is 19.7 Å². The molecule has 6 nitrogen and oxygen atoms in total. The van der Waals surface area contributed by atoms with E-state index in [1.54, 1.807) is 0 Å². The average molecular weight is 375 g/mol. The van der Waals surface area contributed by atoms with Gasteiger partial charge in [-0.05, 0) is 45.5 Å². The number of ether oxygens (including phenoxy) is 1. The molecule has 1 saturated heterocycles. The number of aromatic nitrogens is 3. The molecule has 1 aliphatic rings. The Kier molecular flexibility index (Phi) is 6.21. The molecule has 1 aliphatic heterocycles. The van der Waals surface area contributed by atoms with Gasteiger partial charge in [0.15, 0.2) is 10.6 Å². The summed E-state index contributed by atoms with van der Waals surface area (Å²) in [6, 6.07) is 10.1. The van der Waals surface area contributed by atoms with Crippen LogP contribution in [0.4, 0.5) is 0 Å². The molecule has 0 aliphatic carbocycles. The van der Waals surface area contributed by atoms with E-state index in [1.807, 2.05) is 41.9 Å². The maximum atomic E-state index is 12.1. The van der Waals surface area contributed by atoms with Gasteiger partial charge < -0.3 is 9.30 Å². The quantitative estimate of drug-likeness (QED) is 0.573. The van der Waals surface area contributed by atoms with E-state index in [2.05, 4.69) is 16.4 Å². The van der Waals surface area contributed by atoms with Crippen LogP contribution in [0, 0.1) is 10.7 Å². The molecule has 140 valence electrons. The smallest absolute Gasteiger partial charge is 0.310 e. The highest BCUT2D eigenvalue weighted by Crippen LogP contribution is 2.21. The summed E-state index contributed by atoms with van der Waals surface area (Å²) < 4.78 is 9.82. The Morgan fingerprint density at radius 1 is 1.31 bits per heavy atom. The zero-order valence-corrected chi connectivity index (χ0v) is 16.2. The molecule has 0 spiro atoms. The highest BCUT2D eigenvalue weighted by atomic mass is 32.1. The van der Waals surface area contributed by atoms with Crippen molar-refractivity contribution >= 4 is 18.2 Å². The Balaban J connectivity index is 1.79. The van der Waals surface area contributed by atoms with Crippen molar-refractivity contribution in [1.82, 2.24) is 19.2 Å². The zero-order chi connectivity index (χ0) is 18.5. The summed E-state index contributed by atoms with van der Waals surface area (Å²) >= 11 is 5.65. The summed E-state index contributed by atoms with van der Waals surface area (Å²) in [6.45, 7) is 7.36. The second-order valence-electron chi connectivity index (χ2n) is 6.53. The van der Waals surface area contributed by atoms with Crippen molar-refractivity contribution in [3.05, 3.63) is 35.1 Å². The van der Waals surface area contributed by atoms with Gasteiger partial charge in [-0.2, -0.15) is 5.10 Å². The van der Waals surface area contributed by atoms with Crippen LogP contribution in [0.25, 0.3) is 11.4 Å². The van der Waals surface area contributed by atoms with Crippen LogP contribution >= 0.6 is 12.2 Å². The van der Waals surface area contributed by atoms with Crippen LogP contribution in [0.2, 0.25) is 0 Å². The number of benzene rings is 1. The van der Waals surface area contributed by atoms with Gasteiger partial charge in [0.1, 0.15) is 0 Å². The molecule has 1 aromatic heterocycles. The maximum Gasteiger partial charge on any atom is 0.310 e. The molecule has 2 aromatic rings. The fourth-order valence-corrected chi connectivity index (χ4v) is 3.76. The molecule has 1 atom stereocenters. The topological polar surface area (TPSA) is 52.3 Å². The molecular weight excluding hydrogens is 348 g/mol. The van der Waals surface area contributed by atoms with E-state index in [1.165, 1.54) is 0 Å². The van der Waals surface area contributed by atoms with E-state index < -0.39 is 0 Å². The minimum absolute atomic E-state index is 0.0558. The molecule has 0 unspecified atom stereocenters. The van der Waals surface area contributed by atoms with Gasteiger partial charge in [-0.1, -0.05) is 30.3 Å². The number of piperidine rings is 1. The molecule has 0 bridgehead atoms. The third kappa shape index (κ3) is 4.04. The Hall–Kier alpha value is -1.99. The number of likely N-dealkylation sites (tertiary alicyclic amines) is 1. The zero-order valence-electron chi connectivity index (χ0n) is 15.4. The van der Waals surface area contributed by atoms with Crippen molar-refractivity contribution in [1.29, 1.82) is 0 Å². The SMILES string of the molecule is CCOC(=O)[C@H]1CCCN(Cn2nc(-c3ccccc3)n(CC)c2=S)C1. The second-order valence-corrected chi connectivity index (χ2v) is 6.89. The van der Waals surface area contributed by atoms with Gasteiger partial charge in [0.05, 0.1) is 19.2 Å². The van der Waals surface area contributed by atoms with Crippen LogP contribution in [0.15, 0.2) is 30.3 Å². The van der Waals surface area contributed by atoms with E-state index in [4.69, 9.17) is 22.1 Å². The van der Waals surface area contributed by atoms with Crippen molar-refractivity contribution in [2.24, 2.45) is 5.92 Å². The summed E-state index contributed by atoms with van der Waals surface area (Å²) in [6.07, 6.45) is 1.87. The first-order valence-corrected chi connectivity index (χ1v) is 9.66. The Morgan fingerprint density at radius 3 is 2.77 bits per heavy atom. The summed E-state index contributed by atoms with van der Waals surface area (Å²) in [7, 11) is 0. The van der Waals surface area contributed by atoms with Crippen LogP contribution in [-0.4, -0.2) is 44.9 Å². The first-order valence-electron chi connectivity index (χ1n) is 9.26. The van der Waals surface area contributed by atoms with Crippen molar-refractivity contribution in [3.8, 4) is 11.4 Å². The normalized spacial score (nSPS) is 18.0. The minimum atomic E-state index is -0.0927. The number of esters is 1. The van der Waals surface area contributed by atoms with Gasteiger partial charge in [-0.15, -0.1) is 0 Å². The third-order valence-electron chi connectivity index (χ3n) is 4.73. The van der Waals surface area contributed by atoms with Crippen LogP contribution < -0.4 is 0 Å². The van der Waals surface area contributed by atoms with E-state index >= 15 is 0 Å². The molecule has 2 heterocycles. The summed E-state index contributed by atoms with van der Waals surface area (Å²) in [5, 5.41) is 4.77. The van der Waals surface area contributed by atoms with Gasteiger partial charge in [-0.25, -0.2) is 4.68 Å². The van der Waals surface area contributed by atoms with Crippen molar-refractivity contribution in [2.45, 2.75) is 39.9 Å². The molecule has 26 heavy (non-hydrogen) atoms. The Bertz CT molecular complexity index is 800. The number of hydrogen-bond donors (Lipinski definition) is 0. The number of carbonyl (C=O) groups excluding carboxylic acids is 1. The number of carbonyl (C=O) groups is 1. The molecular formula is C19H26N4O2S. The lowest BCUT2D eigenvalue weighted by Crippen LogP contribution is -2.40. The lowest BCUT2D eigenvalue weighted by atomic mass is 9.99.